The highest BCUT2D eigenvalue weighted by molar-refractivity contribution is 6.32. The molecule has 1 fully saturated rings. The highest BCUT2D eigenvalue weighted by Crippen LogP contribution is 2.38. The summed E-state index contributed by atoms with van der Waals surface area (Å²) < 4.78 is 16.1. The van der Waals surface area contributed by atoms with Crippen LogP contribution in [0.25, 0.3) is 0 Å². The van der Waals surface area contributed by atoms with E-state index in [1.54, 1.807) is 0 Å². The first kappa shape index (κ1) is 14.2. The number of benzene rings is 1. The number of hydrogen-bond donors (Lipinski definition) is 0. The Morgan fingerprint density at radius 1 is 1.24 bits per heavy atom. The first-order valence-electron chi connectivity index (χ1n) is 6.98. The van der Waals surface area contributed by atoms with Crippen molar-refractivity contribution in [3.05, 3.63) is 22.7 Å². The third-order valence-electron chi connectivity index (χ3n) is 3.58. The number of esters is 1. The van der Waals surface area contributed by atoms with Crippen molar-refractivity contribution in [3.63, 3.8) is 0 Å². The summed E-state index contributed by atoms with van der Waals surface area (Å²) in [5.41, 5.74) is 0.266. The molecule has 21 heavy (non-hydrogen) atoms. The molecule has 1 aliphatic carbocycles. The molecule has 1 unspecified atom stereocenters. The first-order valence-corrected chi connectivity index (χ1v) is 7.36. The van der Waals surface area contributed by atoms with Crippen LogP contribution in [0.1, 0.15) is 36.0 Å². The van der Waals surface area contributed by atoms with Gasteiger partial charge in [-0.1, -0.05) is 11.6 Å². The van der Waals surface area contributed by atoms with Crippen LogP contribution in [-0.4, -0.2) is 31.1 Å². The predicted molar refractivity (Wildman–Crippen MR) is 75.1 cm³/mol. The lowest BCUT2D eigenvalue weighted by Crippen LogP contribution is -2.30. The summed E-state index contributed by atoms with van der Waals surface area (Å²) >= 11 is 6.08. The van der Waals surface area contributed by atoms with E-state index in [4.69, 9.17) is 25.8 Å². The molecule has 2 aliphatic rings. The standard InChI is InChI=1S/C15H15ClO5/c16-10-7-9(8-13-14(10)20-6-5-19-13)15(18)21-12-4-2-1-3-11(12)17/h7-8,12H,1-6H2. The quantitative estimate of drug-likeness (QED) is 0.786. The van der Waals surface area contributed by atoms with Gasteiger partial charge in [0.15, 0.2) is 23.4 Å². The number of rotatable bonds is 2. The lowest BCUT2D eigenvalue weighted by Gasteiger charge is -2.22. The Kier molecular flexibility index (Phi) is 4.01. The minimum absolute atomic E-state index is 0.0155. The smallest absolute Gasteiger partial charge is 0.339 e. The van der Waals surface area contributed by atoms with Gasteiger partial charge in [-0.05, 0) is 31.4 Å². The van der Waals surface area contributed by atoms with Crippen molar-refractivity contribution in [2.45, 2.75) is 31.8 Å². The summed E-state index contributed by atoms with van der Waals surface area (Å²) in [6.07, 6.45) is 2.18. The molecule has 0 aromatic heterocycles. The highest BCUT2D eigenvalue weighted by atomic mass is 35.5. The van der Waals surface area contributed by atoms with E-state index < -0.39 is 12.1 Å². The molecule has 1 aromatic rings. The van der Waals surface area contributed by atoms with Crippen LogP contribution in [0, 0.1) is 0 Å². The maximum Gasteiger partial charge on any atom is 0.339 e. The molecule has 1 saturated carbocycles. The van der Waals surface area contributed by atoms with Crippen LogP contribution in [0.5, 0.6) is 11.5 Å². The zero-order valence-corrected chi connectivity index (χ0v) is 12.1. The SMILES string of the molecule is O=C(OC1CCCCC1=O)c1cc(Cl)c2c(c1)OCCO2. The molecule has 1 heterocycles. The second-order valence-electron chi connectivity index (χ2n) is 5.09. The molecule has 1 aromatic carbocycles. The summed E-state index contributed by atoms with van der Waals surface area (Å²) in [6.45, 7) is 0.829. The summed E-state index contributed by atoms with van der Waals surface area (Å²) in [5, 5.41) is 0.300. The van der Waals surface area contributed by atoms with E-state index in [9.17, 15) is 9.59 Å². The van der Waals surface area contributed by atoms with Crippen LogP contribution in [0.15, 0.2) is 12.1 Å². The Labute approximate surface area is 127 Å². The summed E-state index contributed by atoms with van der Waals surface area (Å²) in [5.74, 6) is 0.288. The number of hydrogen-bond acceptors (Lipinski definition) is 5. The van der Waals surface area contributed by atoms with Crippen LogP contribution in [0.4, 0.5) is 0 Å². The van der Waals surface area contributed by atoms with E-state index in [0.717, 1.165) is 12.8 Å². The lowest BCUT2D eigenvalue weighted by molar-refractivity contribution is -0.129. The lowest BCUT2D eigenvalue weighted by atomic mass is 9.96. The van der Waals surface area contributed by atoms with Crippen molar-refractivity contribution in [3.8, 4) is 11.5 Å². The summed E-state index contributed by atoms with van der Waals surface area (Å²) in [4.78, 5) is 23.9. The topological polar surface area (TPSA) is 61.8 Å². The zero-order valence-electron chi connectivity index (χ0n) is 11.4. The Hall–Kier alpha value is -1.75. The number of ketones is 1. The fourth-order valence-electron chi connectivity index (χ4n) is 2.50. The van der Waals surface area contributed by atoms with Gasteiger partial charge in [-0.3, -0.25) is 4.79 Å². The molecule has 6 heteroatoms. The Bertz CT molecular complexity index is 584. The number of Topliss-reactive ketones (excluding diaryl/α,β-unsaturated/α-hetero) is 1. The van der Waals surface area contributed by atoms with Crippen molar-refractivity contribution in [2.75, 3.05) is 13.2 Å². The van der Waals surface area contributed by atoms with E-state index >= 15 is 0 Å². The van der Waals surface area contributed by atoms with Crippen LogP contribution in [-0.2, 0) is 9.53 Å². The normalized spacial score (nSPS) is 21.0. The van der Waals surface area contributed by atoms with Gasteiger partial charge in [-0.2, -0.15) is 0 Å². The number of carbonyl (C=O) groups excluding carboxylic acids is 2. The molecule has 3 rings (SSSR count). The molecule has 1 aliphatic heterocycles. The minimum Gasteiger partial charge on any atom is -0.486 e. The van der Waals surface area contributed by atoms with Crippen molar-refractivity contribution < 1.29 is 23.8 Å². The first-order chi connectivity index (χ1) is 10.1. The monoisotopic (exact) mass is 310 g/mol. The van der Waals surface area contributed by atoms with Crippen molar-refractivity contribution in [2.24, 2.45) is 0 Å². The van der Waals surface area contributed by atoms with Gasteiger partial charge >= 0.3 is 5.97 Å². The molecular formula is C15H15ClO5. The zero-order chi connectivity index (χ0) is 14.8. The molecule has 1 atom stereocenters. The fourth-order valence-corrected chi connectivity index (χ4v) is 2.77. The van der Waals surface area contributed by atoms with Crippen LogP contribution >= 0.6 is 11.6 Å². The minimum atomic E-state index is -0.641. The average Bonchev–Trinajstić information content (AvgIpc) is 2.49. The van der Waals surface area contributed by atoms with Gasteiger partial charge in [0.2, 0.25) is 0 Å². The molecule has 0 radical (unpaired) electrons. The number of halogens is 1. The van der Waals surface area contributed by atoms with E-state index in [1.165, 1.54) is 12.1 Å². The third-order valence-corrected chi connectivity index (χ3v) is 3.86. The van der Waals surface area contributed by atoms with Gasteiger partial charge in [0.1, 0.15) is 13.2 Å². The van der Waals surface area contributed by atoms with Crippen LogP contribution in [0.3, 0.4) is 0 Å². The second-order valence-corrected chi connectivity index (χ2v) is 5.50. The molecule has 0 saturated heterocycles. The van der Waals surface area contributed by atoms with Gasteiger partial charge < -0.3 is 14.2 Å². The maximum absolute atomic E-state index is 12.2. The largest absolute Gasteiger partial charge is 0.486 e. The van der Waals surface area contributed by atoms with Crippen LogP contribution in [0.2, 0.25) is 5.02 Å². The Balaban J connectivity index is 1.78. The molecule has 0 N–H and O–H groups in total. The molecule has 0 spiro atoms. The van der Waals surface area contributed by atoms with Gasteiger partial charge in [0.25, 0.3) is 0 Å². The number of ether oxygens (including phenoxy) is 3. The molecule has 0 amide bonds. The van der Waals surface area contributed by atoms with E-state index in [2.05, 4.69) is 0 Å². The van der Waals surface area contributed by atoms with Crippen molar-refractivity contribution >= 4 is 23.4 Å². The molecule has 5 nitrogen and oxygen atoms in total. The van der Waals surface area contributed by atoms with E-state index in [-0.39, 0.29) is 11.3 Å². The Morgan fingerprint density at radius 2 is 2.05 bits per heavy atom. The highest BCUT2D eigenvalue weighted by Gasteiger charge is 2.27. The summed E-state index contributed by atoms with van der Waals surface area (Å²) in [6, 6.07) is 3.01. The molecule has 112 valence electrons. The molecular weight excluding hydrogens is 296 g/mol. The van der Waals surface area contributed by atoms with Gasteiger partial charge in [0, 0.05) is 6.42 Å². The third kappa shape index (κ3) is 2.97. The van der Waals surface area contributed by atoms with Gasteiger partial charge in [0.05, 0.1) is 10.6 Å². The van der Waals surface area contributed by atoms with Crippen molar-refractivity contribution in [1.82, 2.24) is 0 Å². The maximum atomic E-state index is 12.2. The number of carbonyl (C=O) groups is 2. The second kappa shape index (κ2) is 5.93. The average molecular weight is 311 g/mol. The van der Waals surface area contributed by atoms with E-state index in [1.807, 2.05) is 0 Å². The Morgan fingerprint density at radius 3 is 2.86 bits per heavy atom. The van der Waals surface area contributed by atoms with E-state index in [0.29, 0.717) is 42.6 Å². The van der Waals surface area contributed by atoms with Crippen molar-refractivity contribution in [1.29, 1.82) is 0 Å². The number of fused-ring (bicyclic) bond motifs is 1. The summed E-state index contributed by atoms with van der Waals surface area (Å²) in [7, 11) is 0. The van der Waals surface area contributed by atoms with Gasteiger partial charge in [-0.25, -0.2) is 4.79 Å². The molecule has 0 bridgehead atoms. The predicted octanol–water partition coefficient (Wildman–Crippen LogP) is 2.78. The fraction of sp³-hybridized carbons (Fsp3) is 0.467. The van der Waals surface area contributed by atoms with Gasteiger partial charge in [-0.15, -0.1) is 0 Å². The van der Waals surface area contributed by atoms with Crippen LogP contribution < -0.4 is 9.47 Å².